The molecule has 1 aliphatic carbocycles. The first-order valence-corrected chi connectivity index (χ1v) is 7.52. The van der Waals surface area contributed by atoms with E-state index in [2.05, 4.69) is 40.1 Å². The lowest BCUT2D eigenvalue weighted by molar-refractivity contribution is 0.210. The van der Waals surface area contributed by atoms with Gasteiger partial charge >= 0.3 is 0 Å². The fourth-order valence-corrected chi connectivity index (χ4v) is 3.25. The zero-order valence-corrected chi connectivity index (χ0v) is 12.0. The highest BCUT2D eigenvalue weighted by molar-refractivity contribution is 5.78. The van der Waals surface area contributed by atoms with Crippen LogP contribution in [0.1, 0.15) is 19.3 Å². The van der Waals surface area contributed by atoms with Gasteiger partial charge in [0.2, 0.25) is 0 Å². The smallest absolute Gasteiger partial charge is 0.0911 e. The van der Waals surface area contributed by atoms with Gasteiger partial charge in [-0.25, -0.2) is 0 Å². The summed E-state index contributed by atoms with van der Waals surface area (Å²) in [5, 5.41) is 7.50. The molecule has 1 heterocycles. The van der Waals surface area contributed by atoms with Crippen molar-refractivity contribution in [1.29, 1.82) is 5.41 Å². The molecular formula is C16H24N4. The molecule has 1 saturated carbocycles. The second-order valence-corrected chi connectivity index (χ2v) is 6.30. The van der Waals surface area contributed by atoms with Crippen LogP contribution < -0.4 is 10.6 Å². The number of nitrogens with zero attached hydrogens (tertiary/aromatic N) is 2. The second kappa shape index (κ2) is 5.44. The Bertz CT molecular complexity index is 459. The fraction of sp³-hybridized carbons (Fsp3) is 0.562. The minimum atomic E-state index is 0.334. The maximum Gasteiger partial charge on any atom is 0.0911 e. The van der Waals surface area contributed by atoms with Gasteiger partial charge in [-0.3, -0.25) is 10.3 Å². The van der Waals surface area contributed by atoms with Gasteiger partial charge in [0.1, 0.15) is 0 Å². The Hall–Kier alpha value is -1.55. The summed E-state index contributed by atoms with van der Waals surface area (Å²) >= 11 is 0. The van der Waals surface area contributed by atoms with E-state index < -0.39 is 0 Å². The van der Waals surface area contributed by atoms with Crippen LogP contribution in [0.2, 0.25) is 0 Å². The number of nitrogens with two attached hydrogens (primary N) is 1. The van der Waals surface area contributed by atoms with Crippen molar-refractivity contribution >= 4 is 11.5 Å². The monoisotopic (exact) mass is 272 g/mol. The molecule has 4 heteroatoms. The summed E-state index contributed by atoms with van der Waals surface area (Å²) in [4.78, 5) is 5.01. The van der Waals surface area contributed by atoms with Gasteiger partial charge in [-0.15, -0.1) is 0 Å². The van der Waals surface area contributed by atoms with E-state index in [0.717, 1.165) is 39.1 Å². The Balaban J connectivity index is 1.51. The predicted octanol–water partition coefficient (Wildman–Crippen LogP) is 1.91. The number of nitrogens with one attached hydrogen (secondary N) is 1. The predicted molar refractivity (Wildman–Crippen MR) is 83.3 cm³/mol. The van der Waals surface area contributed by atoms with E-state index in [1.54, 1.807) is 0 Å². The molecule has 4 nitrogen and oxygen atoms in total. The molecule has 3 N–H and O–H groups in total. The lowest BCUT2D eigenvalue weighted by atomic mass is 10.0. The van der Waals surface area contributed by atoms with E-state index in [4.69, 9.17) is 11.1 Å². The van der Waals surface area contributed by atoms with Crippen LogP contribution in [0.3, 0.4) is 0 Å². The first-order chi connectivity index (χ1) is 9.67. The van der Waals surface area contributed by atoms with Gasteiger partial charge < -0.3 is 10.6 Å². The first-order valence-electron chi connectivity index (χ1n) is 7.52. The van der Waals surface area contributed by atoms with Crippen molar-refractivity contribution in [1.82, 2.24) is 4.90 Å². The van der Waals surface area contributed by atoms with Gasteiger partial charge in [-0.1, -0.05) is 18.2 Å². The molecule has 0 spiro atoms. The van der Waals surface area contributed by atoms with Crippen LogP contribution in [0.25, 0.3) is 0 Å². The molecule has 108 valence electrons. The van der Waals surface area contributed by atoms with Crippen LogP contribution in [0.4, 0.5) is 5.69 Å². The molecule has 1 aromatic rings. The Kier molecular flexibility index (Phi) is 3.66. The number of anilines is 1. The summed E-state index contributed by atoms with van der Waals surface area (Å²) in [7, 11) is 0. The van der Waals surface area contributed by atoms with E-state index in [-0.39, 0.29) is 0 Å². The molecular weight excluding hydrogens is 248 g/mol. The van der Waals surface area contributed by atoms with Gasteiger partial charge in [0.25, 0.3) is 0 Å². The number of benzene rings is 1. The largest absolute Gasteiger partial charge is 0.388 e. The van der Waals surface area contributed by atoms with Crippen LogP contribution in [0, 0.1) is 10.8 Å². The summed E-state index contributed by atoms with van der Waals surface area (Å²) in [5.74, 6) is 0.352. The quantitative estimate of drug-likeness (QED) is 0.636. The topological polar surface area (TPSA) is 56.4 Å². The van der Waals surface area contributed by atoms with Gasteiger partial charge in [0.05, 0.1) is 5.84 Å². The molecule has 0 bridgehead atoms. The minimum Gasteiger partial charge on any atom is -0.388 e. The van der Waals surface area contributed by atoms with Crippen molar-refractivity contribution in [3.8, 4) is 0 Å². The third-order valence-corrected chi connectivity index (χ3v) is 4.58. The Morgan fingerprint density at radius 2 is 1.75 bits per heavy atom. The summed E-state index contributed by atoms with van der Waals surface area (Å²) in [5.41, 5.74) is 7.24. The standard InChI is InChI=1S/C16H24N4/c17-15(18)12-16(6-7-16)13-19-8-10-20(11-9-19)14-4-2-1-3-5-14/h1-5H,6-13H2,(H3,17,18). The number of hydrogen-bond donors (Lipinski definition) is 2. The zero-order chi connectivity index (χ0) is 14.0. The Morgan fingerprint density at radius 1 is 1.10 bits per heavy atom. The van der Waals surface area contributed by atoms with E-state index in [9.17, 15) is 0 Å². The SMILES string of the molecule is N=C(N)CC1(CN2CCN(c3ccccc3)CC2)CC1. The average Bonchev–Trinajstić information content (AvgIpc) is 3.19. The van der Waals surface area contributed by atoms with E-state index in [0.29, 0.717) is 11.3 Å². The Morgan fingerprint density at radius 3 is 2.30 bits per heavy atom. The maximum absolute atomic E-state index is 7.50. The van der Waals surface area contributed by atoms with Crippen LogP contribution in [-0.2, 0) is 0 Å². The van der Waals surface area contributed by atoms with Crippen LogP contribution in [0.15, 0.2) is 30.3 Å². The first kappa shape index (κ1) is 13.4. The molecule has 0 atom stereocenters. The second-order valence-electron chi connectivity index (χ2n) is 6.30. The van der Waals surface area contributed by atoms with Crippen molar-refractivity contribution in [2.24, 2.45) is 11.1 Å². The third kappa shape index (κ3) is 3.12. The molecule has 2 aliphatic rings. The summed E-state index contributed by atoms with van der Waals surface area (Å²) in [6.07, 6.45) is 3.27. The lowest BCUT2D eigenvalue weighted by Gasteiger charge is -2.37. The lowest BCUT2D eigenvalue weighted by Crippen LogP contribution is -2.48. The number of amidine groups is 1. The van der Waals surface area contributed by atoms with Crippen LogP contribution in [-0.4, -0.2) is 43.5 Å². The highest BCUT2D eigenvalue weighted by atomic mass is 15.3. The zero-order valence-electron chi connectivity index (χ0n) is 12.0. The van der Waals surface area contributed by atoms with Crippen molar-refractivity contribution in [2.45, 2.75) is 19.3 Å². The fourth-order valence-electron chi connectivity index (χ4n) is 3.25. The third-order valence-electron chi connectivity index (χ3n) is 4.58. The molecule has 0 aromatic heterocycles. The molecule has 0 unspecified atom stereocenters. The van der Waals surface area contributed by atoms with Gasteiger partial charge in [-0.2, -0.15) is 0 Å². The highest BCUT2D eigenvalue weighted by Crippen LogP contribution is 2.49. The molecule has 0 radical (unpaired) electrons. The van der Waals surface area contributed by atoms with Crippen LogP contribution >= 0.6 is 0 Å². The molecule has 3 rings (SSSR count). The molecule has 1 aromatic carbocycles. The molecule has 1 aliphatic heterocycles. The summed E-state index contributed by atoms with van der Waals surface area (Å²) in [6, 6.07) is 10.7. The van der Waals surface area contributed by atoms with E-state index in [1.807, 2.05) is 0 Å². The maximum atomic E-state index is 7.50. The Labute approximate surface area is 121 Å². The van der Waals surface area contributed by atoms with Crippen LogP contribution in [0.5, 0.6) is 0 Å². The molecule has 20 heavy (non-hydrogen) atoms. The summed E-state index contributed by atoms with van der Waals surface area (Å²) in [6.45, 7) is 5.55. The van der Waals surface area contributed by atoms with E-state index in [1.165, 1.54) is 18.5 Å². The van der Waals surface area contributed by atoms with Crippen molar-refractivity contribution in [2.75, 3.05) is 37.6 Å². The number of rotatable bonds is 5. The number of para-hydroxylation sites is 1. The van der Waals surface area contributed by atoms with Gasteiger partial charge in [0.15, 0.2) is 0 Å². The summed E-state index contributed by atoms with van der Waals surface area (Å²) < 4.78 is 0. The van der Waals surface area contributed by atoms with Crippen molar-refractivity contribution in [3.05, 3.63) is 30.3 Å². The van der Waals surface area contributed by atoms with Gasteiger partial charge in [-0.05, 0) is 30.4 Å². The minimum absolute atomic E-state index is 0.334. The normalized spacial score (nSPS) is 21.7. The number of piperazine rings is 1. The molecule has 1 saturated heterocycles. The highest BCUT2D eigenvalue weighted by Gasteiger charge is 2.44. The van der Waals surface area contributed by atoms with Crippen molar-refractivity contribution < 1.29 is 0 Å². The molecule has 0 amide bonds. The molecule has 2 fully saturated rings. The van der Waals surface area contributed by atoms with Crippen molar-refractivity contribution in [3.63, 3.8) is 0 Å². The van der Waals surface area contributed by atoms with Gasteiger partial charge in [0, 0.05) is 44.8 Å². The van der Waals surface area contributed by atoms with E-state index >= 15 is 0 Å². The number of hydrogen-bond acceptors (Lipinski definition) is 3. The average molecular weight is 272 g/mol.